The lowest BCUT2D eigenvalue weighted by Gasteiger charge is -2.21. The molecule has 1 saturated carbocycles. The van der Waals surface area contributed by atoms with Gasteiger partial charge < -0.3 is 5.21 Å². The second-order valence-corrected chi connectivity index (χ2v) is 4.17. The first kappa shape index (κ1) is 9.85. The van der Waals surface area contributed by atoms with Crippen molar-refractivity contribution in [3.05, 3.63) is 5.21 Å². The lowest BCUT2D eigenvalue weighted by Crippen LogP contribution is -2.26. The maximum atomic E-state index is 11.4. The average Bonchev–Trinajstić information content (AvgIpc) is 2.05. The van der Waals surface area contributed by atoms with Gasteiger partial charge in [-0.2, -0.15) is 0 Å². The fraction of sp³-hybridized carbons (Fsp3) is 0.889. The van der Waals surface area contributed by atoms with E-state index in [9.17, 15) is 5.21 Å². The molecule has 1 unspecified atom stereocenters. The van der Waals surface area contributed by atoms with Crippen molar-refractivity contribution in [2.24, 2.45) is 0 Å². The zero-order valence-corrected chi connectivity index (χ0v) is 8.26. The molecule has 1 atom stereocenters. The summed E-state index contributed by atoms with van der Waals surface area (Å²) in [6, 6.07) is 0.194. The molecule has 1 fully saturated rings. The first-order valence-corrected chi connectivity index (χ1v) is 5.08. The minimum absolute atomic E-state index is 0.149. The Bertz CT molecular complexity index is 162. The molecule has 1 aliphatic rings. The molecular formula is C9H16ClNO. The van der Waals surface area contributed by atoms with Crippen LogP contribution in [0.3, 0.4) is 0 Å². The minimum atomic E-state index is -0.149. The van der Waals surface area contributed by atoms with E-state index in [2.05, 4.69) is 0 Å². The van der Waals surface area contributed by atoms with Gasteiger partial charge in [-0.05, 0) is 19.8 Å². The molecule has 0 radical (unpaired) electrons. The van der Waals surface area contributed by atoms with Gasteiger partial charge in [-0.3, -0.25) is 0 Å². The van der Waals surface area contributed by atoms with Crippen molar-refractivity contribution < 1.29 is 4.74 Å². The Balaban J connectivity index is 2.44. The molecule has 0 amide bonds. The van der Waals surface area contributed by atoms with Crippen LogP contribution < -0.4 is 0 Å². The van der Waals surface area contributed by atoms with E-state index >= 15 is 0 Å². The van der Waals surface area contributed by atoms with E-state index in [1.165, 1.54) is 19.3 Å². The van der Waals surface area contributed by atoms with Crippen LogP contribution in [0.5, 0.6) is 0 Å². The topological polar surface area (TPSA) is 26.1 Å². The Kier molecular flexibility index (Phi) is 3.86. The highest BCUT2D eigenvalue weighted by atomic mass is 35.5. The van der Waals surface area contributed by atoms with Crippen LogP contribution in [-0.2, 0) is 0 Å². The SMILES string of the molecule is CC(Cl)/C=[N+](\[O-])C1CCCCC1. The van der Waals surface area contributed by atoms with Crippen LogP contribution in [0.15, 0.2) is 0 Å². The van der Waals surface area contributed by atoms with E-state index in [4.69, 9.17) is 11.6 Å². The molecule has 0 spiro atoms. The molecule has 0 heterocycles. The van der Waals surface area contributed by atoms with Gasteiger partial charge >= 0.3 is 0 Å². The summed E-state index contributed by atoms with van der Waals surface area (Å²) in [5, 5.41) is 11.2. The number of rotatable bonds is 2. The summed E-state index contributed by atoms with van der Waals surface area (Å²) in [5.41, 5.74) is 0. The van der Waals surface area contributed by atoms with E-state index in [-0.39, 0.29) is 11.4 Å². The zero-order chi connectivity index (χ0) is 8.97. The maximum absolute atomic E-state index is 11.4. The Morgan fingerprint density at radius 3 is 2.50 bits per heavy atom. The third kappa shape index (κ3) is 3.02. The summed E-state index contributed by atoms with van der Waals surface area (Å²) in [6.45, 7) is 1.81. The van der Waals surface area contributed by atoms with Crippen LogP contribution in [0.4, 0.5) is 0 Å². The maximum Gasteiger partial charge on any atom is 0.168 e. The van der Waals surface area contributed by atoms with Crippen LogP contribution in [0, 0.1) is 5.21 Å². The normalized spacial score (nSPS) is 24.0. The third-order valence-corrected chi connectivity index (χ3v) is 2.40. The van der Waals surface area contributed by atoms with Crippen molar-refractivity contribution in [2.45, 2.75) is 50.4 Å². The van der Waals surface area contributed by atoms with Gasteiger partial charge in [-0.15, -0.1) is 11.6 Å². The molecule has 1 aliphatic carbocycles. The summed E-state index contributed by atoms with van der Waals surface area (Å²) in [5.74, 6) is 0. The number of hydrogen-bond donors (Lipinski definition) is 0. The largest absolute Gasteiger partial charge is 0.624 e. The standard InChI is InChI=1S/C9H16ClNO/c1-8(10)7-11(12)9-5-3-2-4-6-9/h7-9H,2-6H2,1H3/b11-7-. The second-order valence-electron chi connectivity index (χ2n) is 3.48. The van der Waals surface area contributed by atoms with Gasteiger partial charge in [-0.25, -0.2) is 4.74 Å². The van der Waals surface area contributed by atoms with Crippen molar-refractivity contribution >= 4 is 17.8 Å². The van der Waals surface area contributed by atoms with Gasteiger partial charge in [0.15, 0.2) is 12.3 Å². The van der Waals surface area contributed by atoms with Crippen LogP contribution in [0.2, 0.25) is 0 Å². The molecule has 12 heavy (non-hydrogen) atoms. The lowest BCUT2D eigenvalue weighted by atomic mass is 9.96. The highest BCUT2D eigenvalue weighted by Gasteiger charge is 2.19. The minimum Gasteiger partial charge on any atom is -0.624 e. The Morgan fingerprint density at radius 2 is 2.00 bits per heavy atom. The van der Waals surface area contributed by atoms with Crippen LogP contribution in [0.25, 0.3) is 0 Å². The quantitative estimate of drug-likeness (QED) is 0.216. The molecule has 2 nitrogen and oxygen atoms in total. The lowest BCUT2D eigenvalue weighted by molar-refractivity contribution is -0.502. The zero-order valence-electron chi connectivity index (χ0n) is 7.50. The summed E-state index contributed by atoms with van der Waals surface area (Å²) in [4.78, 5) is 0. The Labute approximate surface area is 78.8 Å². The highest BCUT2D eigenvalue weighted by molar-refractivity contribution is 6.27. The van der Waals surface area contributed by atoms with Gasteiger partial charge in [-0.1, -0.05) is 6.42 Å². The van der Waals surface area contributed by atoms with E-state index in [1.807, 2.05) is 6.92 Å². The van der Waals surface area contributed by atoms with Crippen LogP contribution in [0.1, 0.15) is 39.0 Å². The molecule has 70 valence electrons. The fourth-order valence-electron chi connectivity index (χ4n) is 1.66. The number of hydroxylamine groups is 1. The first-order chi connectivity index (χ1) is 5.70. The predicted molar refractivity (Wildman–Crippen MR) is 51.9 cm³/mol. The fourth-order valence-corrected chi connectivity index (χ4v) is 1.77. The third-order valence-electron chi connectivity index (χ3n) is 2.29. The summed E-state index contributed by atoms with van der Waals surface area (Å²) in [7, 11) is 0. The molecular weight excluding hydrogens is 174 g/mol. The predicted octanol–water partition coefficient (Wildman–Crippen LogP) is 2.53. The molecule has 0 aliphatic heterocycles. The highest BCUT2D eigenvalue weighted by Crippen LogP contribution is 2.19. The van der Waals surface area contributed by atoms with Gasteiger partial charge in [0.2, 0.25) is 0 Å². The molecule has 0 aromatic heterocycles. The van der Waals surface area contributed by atoms with E-state index in [0.29, 0.717) is 0 Å². The van der Waals surface area contributed by atoms with Crippen molar-refractivity contribution in [3.8, 4) is 0 Å². The Hall–Kier alpha value is -0.240. The summed E-state index contributed by atoms with van der Waals surface area (Å²) >= 11 is 5.69. The summed E-state index contributed by atoms with van der Waals surface area (Å²) < 4.78 is 1.05. The van der Waals surface area contributed by atoms with Crippen LogP contribution >= 0.6 is 11.6 Å². The molecule has 0 saturated heterocycles. The van der Waals surface area contributed by atoms with Crippen molar-refractivity contribution in [2.75, 3.05) is 0 Å². The molecule has 3 heteroatoms. The monoisotopic (exact) mass is 189 g/mol. The van der Waals surface area contributed by atoms with Crippen molar-refractivity contribution in [1.29, 1.82) is 0 Å². The molecule has 1 rings (SSSR count). The van der Waals surface area contributed by atoms with Crippen LogP contribution in [-0.4, -0.2) is 22.4 Å². The smallest absolute Gasteiger partial charge is 0.168 e. The molecule has 0 aromatic rings. The number of hydrogen-bond acceptors (Lipinski definition) is 1. The number of nitrogens with zero attached hydrogens (tertiary/aromatic N) is 1. The average molecular weight is 190 g/mol. The van der Waals surface area contributed by atoms with Gasteiger partial charge in [0.05, 0.1) is 0 Å². The molecule has 0 aromatic carbocycles. The molecule has 0 N–H and O–H groups in total. The van der Waals surface area contributed by atoms with Gasteiger partial charge in [0.25, 0.3) is 0 Å². The van der Waals surface area contributed by atoms with Crippen molar-refractivity contribution in [3.63, 3.8) is 0 Å². The van der Waals surface area contributed by atoms with E-state index in [1.54, 1.807) is 6.21 Å². The Morgan fingerprint density at radius 1 is 1.42 bits per heavy atom. The van der Waals surface area contributed by atoms with Gasteiger partial charge in [0, 0.05) is 12.8 Å². The van der Waals surface area contributed by atoms with E-state index < -0.39 is 0 Å². The second kappa shape index (κ2) is 4.70. The summed E-state index contributed by atoms with van der Waals surface area (Å²) in [6.07, 6.45) is 7.29. The first-order valence-electron chi connectivity index (χ1n) is 4.64. The number of alkyl halides is 1. The van der Waals surface area contributed by atoms with Gasteiger partial charge in [0.1, 0.15) is 5.38 Å². The molecule has 0 bridgehead atoms. The van der Waals surface area contributed by atoms with E-state index in [0.717, 1.165) is 17.6 Å². The number of halogens is 1. The van der Waals surface area contributed by atoms with Crippen molar-refractivity contribution in [1.82, 2.24) is 0 Å².